The third-order valence-electron chi connectivity index (χ3n) is 2.77. The Morgan fingerprint density at radius 1 is 1.33 bits per heavy atom. The summed E-state index contributed by atoms with van der Waals surface area (Å²) in [4.78, 5) is 36.7. The van der Waals surface area contributed by atoms with Gasteiger partial charge in [0.25, 0.3) is 0 Å². The first kappa shape index (κ1) is 16.1. The van der Waals surface area contributed by atoms with Gasteiger partial charge in [0.1, 0.15) is 0 Å². The lowest BCUT2D eigenvalue weighted by atomic mass is 10.0. The molecule has 0 amide bonds. The zero-order valence-electron chi connectivity index (χ0n) is 9.34. The van der Waals surface area contributed by atoms with E-state index in [1.165, 1.54) is 6.08 Å². The normalized spacial score (nSPS) is 23.9. The number of rotatable bonds is 5. The number of thiocarbonyl (C=S) groups is 1. The van der Waals surface area contributed by atoms with E-state index in [0.29, 0.717) is 12.8 Å². The second kappa shape index (κ2) is 5.61. The van der Waals surface area contributed by atoms with E-state index >= 15 is 0 Å². The van der Waals surface area contributed by atoms with Crippen LogP contribution in [-0.4, -0.2) is 36.5 Å². The van der Waals surface area contributed by atoms with Crippen molar-refractivity contribution in [2.45, 2.75) is 17.9 Å². The Labute approximate surface area is 110 Å². The topological polar surface area (TPSA) is 127 Å². The molecular weight excluding hydrogens is 300 g/mol. The molecule has 7 nitrogen and oxygen atoms in total. The van der Waals surface area contributed by atoms with Crippen LogP contribution < -0.4 is 5.32 Å². The van der Waals surface area contributed by atoms with Gasteiger partial charge < -0.3 is 19.6 Å². The number of hydrogen-bond acceptors (Lipinski definition) is 4. The van der Waals surface area contributed by atoms with Crippen molar-refractivity contribution in [3.8, 4) is 0 Å². The second-order valence-corrected chi connectivity index (χ2v) is 8.33. The van der Waals surface area contributed by atoms with Crippen molar-refractivity contribution in [2.24, 2.45) is 5.92 Å². The summed E-state index contributed by atoms with van der Waals surface area (Å²) in [6.45, 7) is 0.0793. The second-order valence-electron chi connectivity index (χ2n) is 4.06. The van der Waals surface area contributed by atoms with Gasteiger partial charge in [0.15, 0.2) is 0 Å². The highest BCUT2D eigenvalue weighted by Gasteiger charge is 2.59. The van der Waals surface area contributed by atoms with E-state index in [-0.39, 0.29) is 12.5 Å². The minimum atomic E-state index is -5.04. The van der Waals surface area contributed by atoms with Crippen LogP contribution in [0.5, 0.6) is 0 Å². The number of nitrogens with one attached hydrogen (secondary N) is 1. The summed E-state index contributed by atoms with van der Waals surface area (Å²) in [5, 5.41) is 1.25. The summed E-state index contributed by atoms with van der Waals surface area (Å²) >= 11 is 4.67. The van der Waals surface area contributed by atoms with Crippen LogP contribution >= 0.6 is 27.4 Å². The van der Waals surface area contributed by atoms with Crippen molar-refractivity contribution >= 4 is 32.8 Å². The summed E-state index contributed by atoms with van der Waals surface area (Å²) in [7, 11) is -10.1. The third kappa shape index (κ3) is 3.15. The quantitative estimate of drug-likeness (QED) is 0.283. The highest BCUT2D eigenvalue weighted by atomic mass is 32.1. The fourth-order valence-electron chi connectivity index (χ4n) is 1.73. The molecule has 0 saturated heterocycles. The summed E-state index contributed by atoms with van der Waals surface area (Å²) in [5.74, 6) is -0.0598. The average Bonchev–Trinajstić information content (AvgIpc) is 2.24. The van der Waals surface area contributed by atoms with Gasteiger partial charge in [-0.05, 0) is 30.2 Å². The Morgan fingerprint density at radius 2 is 1.89 bits per heavy atom. The maximum Gasteiger partial charge on any atom is 0.361 e. The summed E-state index contributed by atoms with van der Waals surface area (Å²) in [5.41, 5.74) is 0. The molecule has 18 heavy (non-hydrogen) atoms. The minimum absolute atomic E-state index is 0.0598. The van der Waals surface area contributed by atoms with Crippen LogP contribution in [0.4, 0.5) is 0 Å². The molecule has 1 heterocycles. The fraction of sp³-hybridized carbons (Fsp3) is 0.625. The van der Waals surface area contributed by atoms with E-state index in [1.54, 1.807) is 5.37 Å². The predicted molar refractivity (Wildman–Crippen MR) is 70.3 cm³/mol. The summed E-state index contributed by atoms with van der Waals surface area (Å²) in [6, 6.07) is 0. The molecular formula is C8H15NO6P2S. The molecule has 0 fully saturated rings. The van der Waals surface area contributed by atoms with Gasteiger partial charge >= 0.3 is 15.2 Å². The average molecular weight is 315 g/mol. The predicted octanol–water partition coefficient (Wildman–Crippen LogP) is 0.551. The highest BCUT2D eigenvalue weighted by Crippen LogP contribution is 2.68. The van der Waals surface area contributed by atoms with Gasteiger partial charge in [-0.1, -0.05) is 18.3 Å². The van der Waals surface area contributed by atoms with E-state index in [4.69, 9.17) is 0 Å². The van der Waals surface area contributed by atoms with Gasteiger partial charge in [0, 0.05) is 6.54 Å². The standard InChI is InChI=1S/C8H15NO6P2S/c10-16(11,12)8(17(13,14)15)4-3-7(6-9-8)2-1-5-18/h3-5,7,9H,1-2,6H2,(H2,10,11,12)(H2,13,14,15). The fourth-order valence-corrected chi connectivity index (χ4v) is 4.38. The van der Waals surface area contributed by atoms with E-state index in [9.17, 15) is 28.7 Å². The van der Waals surface area contributed by atoms with Crippen molar-refractivity contribution in [3.05, 3.63) is 12.2 Å². The van der Waals surface area contributed by atoms with Crippen molar-refractivity contribution in [3.63, 3.8) is 0 Å². The van der Waals surface area contributed by atoms with Gasteiger partial charge in [0.05, 0.1) is 0 Å². The smallest absolute Gasteiger partial charge is 0.322 e. The van der Waals surface area contributed by atoms with Crippen molar-refractivity contribution < 1.29 is 28.7 Å². The highest BCUT2D eigenvalue weighted by molar-refractivity contribution is 7.79. The molecule has 0 bridgehead atoms. The summed E-state index contributed by atoms with van der Waals surface area (Å²) < 4.78 is 22.7. The molecule has 0 saturated carbocycles. The Balaban J connectivity index is 3.03. The van der Waals surface area contributed by atoms with Gasteiger partial charge in [0.2, 0.25) is 5.02 Å². The Morgan fingerprint density at radius 3 is 2.22 bits per heavy atom. The van der Waals surface area contributed by atoms with Crippen LogP contribution in [0.25, 0.3) is 0 Å². The molecule has 1 aliphatic rings. The molecule has 5 N–H and O–H groups in total. The molecule has 0 aromatic heterocycles. The maximum absolute atomic E-state index is 11.3. The molecule has 0 aromatic carbocycles. The Bertz CT molecular complexity index is 419. The first-order valence-corrected chi connectivity index (χ1v) is 8.83. The van der Waals surface area contributed by atoms with E-state index in [1.807, 2.05) is 0 Å². The largest absolute Gasteiger partial charge is 0.361 e. The Hall–Kier alpha value is 0.0900. The van der Waals surface area contributed by atoms with Gasteiger partial charge in [-0.25, -0.2) is 0 Å². The van der Waals surface area contributed by atoms with Gasteiger partial charge in [-0.15, -0.1) is 0 Å². The molecule has 1 unspecified atom stereocenters. The van der Waals surface area contributed by atoms with Crippen LogP contribution in [0.1, 0.15) is 12.8 Å². The van der Waals surface area contributed by atoms with Crippen LogP contribution in [0, 0.1) is 5.92 Å². The molecule has 1 atom stereocenters. The van der Waals surface area contributed by atoms with Crippen LogP contribution in [0.2, 0.25) is 0 Å². The molecule has 0 spiro atoms. The zero-order valence-corrected chi connectivity index (χ0v) is 11.9. The molecule has 0 aromatic rings. The van der Waals surface area contributed by atoms with E-state index in [0.717, 1.165) is 6.08 Å². The van der Waals surface area contributed by atoms with Crippen LogP contribution in [0.15, 0.2) is 12.2 Å². The first-order valence-electron chi connectivity index (χ1n) is 5.13. The monoisotopic (exact) mass is 315 g/mol. The maximum atomic E-state index is 11.3. The molecule has 10 heteroatoms. The third-order valence-corrected chi connectivity index (χ3v) is 6.96. The Kier molecular flexibility index (Phi) is 5.03. The van der Waals surface area contributed by atoms with Crippen molar-refractivity contribution in [1.29, 1.82) is 0 Å². The molecule has 0 aliphatic carbocycles. The molecule has 0 radical (unpaired) electrons. The lowest BCUT2D eigenvalue weighted by molar-refractivity contribution is 0.297. The van der Waals surface area contributed by atoms with E-state index in [2.05, 4.69) is 17.5 Å². The molecule has 1 aliphatic heterocycles. The van der Waals surface area contributed by atoms with Crippen molar-refractivity contribution in [2.75, 3.05) is 6.54 Å². The molecule has 104 valence electrons. The lowest BCUT2D eigenvalue weighted by Crippen LogP contribution is -2.47. The molecule has 1 rings (SSSR count). The lowest BCUT2D eigenvalue weighted by Gasteiger charge is -2.36. The number of hydrogen-bond donors (Lipinski definition) is 5. The summed E-state index contributed by atoms with van der Waals surface area (Å²) in [6.07, 6.45) is 3.62. The van der Waals surface area contributed by atoms with Crippen molar-refractivity contribution in [1.82, 2.24) is 5.32 Å². The van der Waals surface area contributed by atoms with Gasteiger partial charge in [-0.3, -0.25) is 14.4 Å². The SMILES string of the molecule is O=P(O)(O)C1(P(=O)(O)O)C=CC(CCC=S)CN1. The van der Waals surface area contributed by atoms with Gasteiger partial charge in [-0.2, -0.15) is 0 Å². The van der Waals surface area contributed by atoms with Crippen LogP contribution in [0.3, 0.4) is 0 Å². The zero-order chi connectivity index (χ0) is 14.0. The first-order chi connectivity index (χ1) is 8.14. The van der Waals surface area contributed by atoms with E-state index < -0.39 is 20.2 Å². The van der Waals surface area contributed by atoms with Crippen LogP contribution in [-0.2, 0) is 9.13 Å². The minimum Gasteiger partial charge on any atom is -0.322 e.